The van der Waals surface area contributed by atoms with Crippen LogP contribution in [0.15, 0.2) is 18.2 Å². The number of hydrogen-bond donors (Lipinski definition) is 1. The van der Waals surface area contributed by atoms with Crippen molar-refractivity contribution < 1.29 is 18.7 Å². The molecule has 0 amide bonds. The van der Waals surface area contributed by atoms with Gasteiger partial charge in [0.1, 0.15) is 11.6 Å². The fraction of sp³-hybridized carbons (Fsp3) is 0.417. The van der Waals surface area contributed by atoms with E-state index in [-0.39, 0.29) is 24.4 Å². The van der Waals surface area contributed by atoms with E-state index in [0.717, 1.165) is 18.2 Å². The Balaban J connectivity index is 2.58. The van der Waals surface area contributed by atoms with Crippen molar-refractivity contribution in [3.63, 3.8) is 0 Å². The Morgan fingerprint density at radius 3 is 2.35 bits per heavy atom. The number of ketones is 1. The highest BCUT2D eigenvalue weighted by Crippen LogP contribution is 2.10. The van der Waals surface area contributed by atoms with E-state index in [4.69, 9.17) is 5.11 Å². The lowest BCUT2D eigenvalue weighted by Gasteiger charge is -2.13. The number of benzene rings is 1. The second-order valence-electron chi connectivity index (χ2n) is 3.86. The predicted molar refractivity (Wildman–Crippen MR) is 59.9 cm³/mol. The third-order valence-corrected chi connectivity index (χ3v) is 2.39. The maximum Gasteiger partial charge on any atom is 0.164 e. The van der Waals surface area contributed by atoms with Crippen LogP contribution >= 0.6 is 0 Å². The number of aliphatic hydroxyl groups is 1. The van der Waals surface area contributed by atoms with E-state index in [9.17, 15) is 13.6 Å². The molecule has 0 aliphatic carbocycles. The standard InChI is InChI=1S/C12H15F2NO2/c1-15(4-5-16)3-2-12(17)9-6-10(13)8-11(14)7-9/h6-8,16H,2-5H2,1H3. The fourth-order valence-corrected chi connectivity index (χ4v) is 1.43. The fourth-order valence-electron chi connectivity index (χ4n) is 1.43. The average Bonchev–Trinajstić information content (AvgIpc) is 2.25. The smallest absolute Gasteiger partial charge is 0.164 e. The number of carbonyl (C=O) groups excluding carboxylic acids is 1. The summed E-state index contributed by atoms with van der Waals surface area (Å²) >= 11 is 0. The molecule has 0 saturated carbocycles. The number of carbonyl (C=O) groups is 1. The zero-order valence-electron chi connectivity index (χ0n) is 9.62. The lowest BCUT2D eigenvalue weighted by Crippen LogP contribution is -2.25. The molecule has 3 nitrogen and oxygen atoms in total. The Morgan fingerprint density at radius 1 is 1.24 bits per heavy atom. The Bertz CT molecular complexity index is 376. The molecule has 94 valence electrons. The van der Waals surface area contributed by atoms with E-state index < -0.39 is 11.6 Å². The highest BCUT2D eigenvalue weighted by atomic mass is 19.1. The molecule has 1 rings (SSSR count). The maximum absolute atomic E-state index is 12.9. The van der Waals surface area contributed by atoms with Crippen molar-refractivity contribution in [2.45, 2.75) is 6.42 Å². The normalized spacial score (nSPS) is 10.9. The summed E-state index contributed by atoms with van der Waals surface area (Å²) in [6, 6.07) is 2.78. The molecule has 0 spiro atoms. The number of likely N-dealkylation sites (N-methyl/N-ethyl adjacent to an activating group) is 1. The van der Waals surface area contributed by atoms with Crippen molar-refractivity contribution in [2.75, 3.05) is 26.7 Å². The molecule has 0 radical (unpaired) electrons. The van der Waals surface area contributed by atoms with Gasteiger partial charge >= 0.3 is 0 Å². The van der Waals surface area contributed by atoms with Crippen molar-refractivity contribution in [1.29, 1.82) is 0 Å². The minimum absolute atomic E-state index is 0.0132. The van der Waals surface area contributed by atoms with E-state index in [1.54, 1.807) is 11.9 Å². The monoisotopic (exact) mass is 243 g/mol. The van der Waals surface area contributed by atoms with Crippen molar-refractivity contribution in [3.8, 4) is 0 Å². The molecule has 5 heteroatoms. The first kappa shape index (κ1) is 13.7. The van der Waals surface area contributed by atoms with E-state index in [0.29, 0.717) is 13.1 Å². The lowest BCUT2D eigenvalue weighted by atomic mass is 10.1. The Hall–Kier alpha value is -1.33. The molecule has 1 aromatic carbocycles. The zero-order valence-corrected chi connectivity index (χ0v) is 9.62. The van der Waals surface area contributed by atoms with Gasteiger partial charge in [0.25, 0.3) is 0 Å². The van der Waals surface area contributed by atoms with Crippen molar-refractivity contribution in [3.05, 3.63) is 35.4 Å². The van der Waals surface area contributed by atoms with Crippen LogP contribution in [0.4, 0.5) is 8.78 Å². The molecule has 0 aliphatic heterocycles. The molecular weight excluding hydrogens is 228 g/mol. The number of Topliss-reactive ketones (excluding diaryl/α,β-unsaturated/α-hetero) is 1. The molecule has 0 saturated heterocycles. The summed E-state index contributed by atoms with van der Waals surface area (Å²) in [5.74, 6) is -1.82. The van der Waals surface area contributed by atoms with Gasteiger partial charge in [-0.1, -0.05) is 0 Å². The lowest BCUT2D eigenvalue weighted by molar-refractivity contribution is 0.0963. The van der Waals surface area contributed by atoms with E-state index in [1.165, 1.54) is 0 Å². The number of halogens is 2. The minimum Gasteiger partial charge on any atom is -0.395 e. The predicted octanol–water partition coefficient (Wildman–Crippen LogP) is 1.46. The molecule has 0 unspecified atom stereocenters. The molecule has 1 N–H and O–H groups in total. The van der Waals surface area contributed by atoms with Gasteiger partial charge in [0.2, 0.25) is 0 Å². The summed E-state index contributed by atoms with van der Waals surface area (Å²) in [7, 11) is 1.76. The molecule has 0 aromatic heterocycles. The topological polar surface area (TPSA) is 40.5 Å². The van der Waals surface area contributed by atoms with Gasteiger partial charge in [0.15, 0.2) is 5.78 Å². The molecular formula is C12H15F2NO2. The third-order valence-electron chi connectivity index (χ3n) is 2.39. The molecule has 0 aliphatic rings. The highest BCUT2D eigenvalue weighted by Gasteiger charge is 2.10. The van der Waals surface area contributed by atoms with Crippen LogP contribution in [-0.4, -0.2) is 42.5 Å². The van der Waals surface area contributed by atoms with Crippen LogP contribution in [0.1, 0.15) is 16.8 Å². The SMILES string of the molecule is CN(CCO)CCC(=O)c1cc(F)cc(F)c1. The van der Waals surface area contributed by atoms with Crippen LogP contribution in [0.25, 0.3) is 0 Å². The van der Waals surface area contributed by atoms with Crippen LogP contribution in [0.5, 0.6) is 0 Å². The van der Waals surface area contributed by atoms with Gasteiger partial charge in [-0.2, -0.15) is 0 Å². The molecule has 1 aromatic rings. The van der Waals surface area contributed by atoms with E-state index in [2.05, 4.69) is 0 Å². The summed E-state index contributed by atoms with van der Waals surface area (Å²) < 4.78 is 25.7. The van der Waals surface area contributed by atoms with Crippen molar-refractivity contribution >= 4 is 5.78 Å². The van der Waals surface area contributed by atoms with Gasteiger partial charge in [-0.25, -0.2) is 8.78 Å². The Kier molecular flexibility index (Phi) is 5.18. The average molecular weight is 243 g/mol. The van der Waals surface area contributed by atoms with E-state index >= 15 is 0 Å². The summed E-state index contributed by atoms with van der Waals surface area (Å²) in [4.78, 5) is 13.4. The molecule has 17 heavy (non-hydrogen) atoms. The first-order valence-corrected chi connectivity index (χ1v) is 5.31. The molecule has 0 fully saturated rings. The summed E-state index contributed by atoms with van der Waals surface area (Å²) in [6.45, 7) is 0.918. The number of aliphatic hydroxyl groups excluding tert-OH is 1. The number of hydrogen-bond acceptors (Lipinski definition) is 3. The van der Waals surface area contributed by atoms with E-state index in [1.807, 2.05) is 0 Å². The van der Waals surface area contributed by atoms with Gasteiger partial charge in [0, 0.05) is 31.1 Å². The summed E-state index contributed by atoms with van der Waals surface area (Å²) in [5.41, 5.74) is 0.0416. The first-order valence-electron chi connectivity index (χ1n) is 5.31. The summed E-state index contributed by atoms with van der Waals surface area (Å²) in [6.07, 6.45) is 0.166. The van der Waals surface area contributed by atoms with Gasteiger partial charge < -0.3 is 10.0 Å². The quantitative estimate of drug-likeness (QED) is 0.769. The van der Waals surface area contributed by atoms with Crippen LogP contribution in [0.3, 0.4) is 0 Å². The van der Waals surface area contributed by atoms with Crippen LogP contribution in [0.2, 0.25) is 0 Å². The molecule has 0 atom stereocenters. The largest absolute Gasteiger partial charge is 0.395 e. The second-order valence-corrected chi connectivity index (χ2v) is 3.86. The van der Waals surface area contributed by atoms with Gasteiger partial charge in [0.05, 0.1) is 6.61 Å². The van der Waals surface area contributed by atoms with Crippen LogP contribution in [-0.2, 0) is 0 Å². The van der Waals surface area contributed by atoms with Crippen LogP contribution < -0.4 is 0 Å². The van der Waals surface area contributed by atoms with Gasteiger partial charge in [-0.05, 0) is 19.2 Å². The molecule has 0 bridgehead atoms. The van der Waals surface area contributed by atoms with Crippen molar-refractivity contribution in [2.24, 2.45) is 0 Å². The maximum atomic E-state index is 12.9. The van der Waals surface area contributed by atoms with Gasteiger partial charge in [-0.3, -0.25) is 4.79 Å². The number of rotatable bonds is 6. The third kappa shape index (κ3) is 4.58. The van der Waals surface area contributed by atoms with Crippen LogP contribution in [0, 0.1) is 11.6 Å². The second kappa shape index (κ2) is 6.42. The highest BCUT2D eigenvalue weighted by molar-refractivity contribution is 5.96. The summed E-state index contributed by atoms with van der Waals surface area (Å²) in [5, 5.41) is 8.67. The minimum atomic E-state index is -0.753. The Labute approximate surface area is 98.7 Å². The number of nitrogens with zero attached hydrogens (tertiary/aromatic N) is 1. The molecule has 0 heterocycles. The van der Waals surface area contributed by atoms with Gasteiger partial charge in [-0.15, -0.1) is 0 Å². The first-order chi connectivity index (χ1) is 8.02. The van der Waals surface area contributed by atoms with Crippen molar-refractivity contribution in [1.82, 2.24) is 4.90 Å². The Morgan fingerprint density at radius 2 is 1.82 bits per heavy atom. The zero-order chi connectivity index (χ0) is 12.8.